The number of amides is 1. The largest absolute Gasteiger partial charge is 0.273 e. The van der Waals surface area contributed by atoms with Crippen molar-refractivity contribution in [3.63, 3.8) is 0 Å². The van der Waals surface area contributed by atoms with E-state index < -0.39 is 27.7 Å². The van der Waals surface area contributed by atoms with Crippen LogP contribution in [-0.4, -0.2) is 20.1 Å². The molecule has 0 bridgehead atoms. The highest BCUT2D eigenvalue weighted by Crippen LogP contribution is 2.29. The smallest absolute Gasteiger partial charge is 0.243 e. The second-order valence-corrected chi connectivity index (χ2v) is 6.69. The Balaban J connectivity index is 3.44. The number of hydrogen-bond acceptors (Lipinski definition) is 3. The number of sulfonamides is 1. The van der Waals surface area contributed by atoms with Gasteiger partial charge < -0.3 is 0 Å². The summed E-state index contributed by atoms with van der Waals surface area (Å²) in [6, 6.07) is 4.18. The van der Waals surface area contributed by atoms with Crippen LogP contribution in [-0.2, 0) is 14.8 Å². The maximum absolute atomic E-state index is 13.0. The normalized spacial score (nSPS) is 11.7. The van der Waals surface area contributed by atoms with Gasteiger partial charge in [-0.2, -0.15) is 0 Å². The molecule has 0 saturated carbocycles. The molecule has 0 fully saturated rings. The molecule has 0 unspecified atom stereocenters. The van der Waals surface area contributed by atoms with E-state index in [1.54, 1.807) is 13.8 Å². The van der Waals surface area contributed by atoms with Crippen LogP contribution in [0.3, 0.4) is 0 Å². The molecule has 1 radical (unpaired) electrons. The number of rotatable bonds is 4. The molecule has 1 amide bonds. The van der Waals surface area contributed by atoms with E-state index >= 15 is 0 Å². The lowest BCUT2D eigenvalue weighted by molar-refractivity contribution is -0.120. The first-order chi connectivity index (χ1) is 8.70. The number of benzene rings is 1. The van der Waals surface area contributed by atoms with Crippen LogP contribution in [0.1, 0.15) is 20.8 Å². The molecule has 1 aromatic rings. The van der Waals surface area contributed by atoms with Crippen molar-refractivity contribution in [2.24, 2.45) is 5.92 Å². The monoisotopic (exact) mass is 306 g/mol. The molecule has 0 aromatic heterocycles. The first-order valence-corrected chi connectivity index (χ1v) is 7.63. The molecular formula is C12H14ClFNO3S. The lowest BCUT2D eigenvalue weighted by Gasteiger charge is -2.24. The quantitative estimate of drug-likeness (QED) is 0.859. The molecule has 105 valence electrons. The highest BCUT2D eigenvalue weighted by Gasteiger charge is 2.31. The van der Waals surface area contributed by atoms with Gasteiger partial charge >= 0.3 is 0 Å². The molecule has 4 nitrogen and oxygen atoms in total. The number of carbonyl (C=O) groups excluding carboxylic acids is 1. The zero-order valence-corrected chi connectivity index (χ0v) is 12.3. The van der Waals surface area contributed by atoms with Crippen molar-refractivity contribution >= 4 is 33.2 Å². The molecule has 1 rings (SSSR count). The average molecular weight is 307 g/mol. The van der Waals surface area contributed by atoms with E-state index in [4.69, 9.17) is 11.6 Å². The van der Waals surface area contributed by atoms with Crippen LogP contribution >= 0.6 is 11.6 Å². The fourth-order valence-corrected chi connectivity index (χ4v) is 2.84. The number of halogens is 2. The van der Waals surface area contributed by atoms with Crippen molar-refractivity contribution in [2.45, 2.75) is 20.8 Å². The van der Waals surface area contributed by atoms with Crippen molar-refractivity contribution in [2.75, 3.05) is 10.1 Å². The molecule has 19 heavy (non-hydrogen) atoms. The Kier molecular flexibility index (Phi) is 4.92. The summed E-state index contributed by atoms with van der Waals surface area (Å²) in [5.41, 5.74) is -0.0800. The van der Waals surface area contributed by atoms with E-state index in [9.17, 15) is 17.6 Å². The maximum Gasteiger partial charge on any atom is 0.243 e. The Morgan fingerprint density at radius 1 is 1.53 bits per heavy atom. The van der Waals surface area contributed by atoms with E-state index in [0.29, 0.717) is 4.31 Å². The lowest BCUT2D eigenvalue weighted by Crippen LogP contribution is -2.40. The van der Waals surface area contributed by atoms with E-state index in [1.165, 1.54) is 6.92 Å². The SMILES string of the molecule is CCS(=O)(=O)N(C(=O)C(C)C)c1c[c]c(F)cc1Cl. The molecule has 1 aromatic carbocycles. The van der Waals surface area contributed by atoms with Gasteiger partial charge in [-0.05, 0) is 19.1 Å². The van der Waals surface area contributed by atoms with Crippen molar-refractivity contribution in [1.29, 1.82) is 0 Å². The number of anilines is 1. The first-order valence-electron chi connectivity index (χ1n) is 5.64. The van der Waals surface area contributed by atoms with Gasteiger partial charge in [0.1, 0.15) is 5.82 Å². The summed E-state index contributed by atoms with van der Waals surface area (Å²) in [7, 11) is -3.84. The number of nitrogens with zero attached hydrogens (tertiary/aromatic N) is 1. The van der Waals surface area contributed by atoms with Crippen LogP contribution in [0.2, 0.25) is 5.02 Å². The highest BCUT2D eigenvalue weighted by molar-refractivity contribution is 7.93. The van der Waals surface area contributed by atoms with Gasteiger partial charge in [0.2, 0.25) is 15.9 Å². The zero-order valence-electron chi connectivity index (χ0n) is 10.8. The molecule has 0 heterocycles. The third-order valence-corrected chi connectivity index (χ3v) is 4.37. The van der Waals surface area contributed by atoms with Crippen LogP contribution in [0.5, 0.6) is 0 Å². The Bertz CT molecular complexity index is 587. The Morgan fingerprint density at radius 2 is 2.11 bits per heavy atom. The summed E-state index contributed by atoms with van der Waals surface area (Å²) in [6.07, 6.45) is 0. The molecule has 7 heteroatoms. The Morgan fingerprint density at radius 3 is 2.53 bits per heavy atom. The van der Waals surface area contributed by atoms with Crippen LogP contribution in [0.25, 0.3) is 0 Å². The molecule has 0 N–H and O–H groups in total. The van der Waals surface area contributed by atoms with E-state index in [1.807, 2.05) is 0 Å². The van der Waals surface area contributed by atoms with Crippen molar-refractivity contribution in [3.05, 3.63) is 29.0 Å². The van der Waals surface area contributed by atoms with Crippen LogP contribution in [0.4, 0.5) is 10.1 Å². The van der Waals surface area contributed by atoms with Crippen molar-refractivity contribution in [3.8, 4) is 0 Å². The molecule has 0 aliphatic carbocycles. The fourth-order valence-electron chi connectivity index (χ4n) is 1.36. The fraction of sp³-hybridized carbons (Fsp3) is 0.417. The van der Waals surface area contributed by atoms with E-state index in [-0.39, 0.29) is 16.5 Å². The summed E-state index contributed by atoms with van der Waals surface area (Å²) in [4.78, 5) is 12.1. The van der Waals surface area contributed by atoms with Gasteiger partial charge in [-0.3, -0.25) is 4.79 Å². The summed E-state index contributed by atoms with van der Waals surface area (Å²) < 4.78 is 37.6. The molecular weight excluding hydrogens is 293 g/mol. The van der Waals surface area contributed by atoms with Crippen LogP contribution in [0.15, 0.2) is 12.1 Å². The standard InChI is InChI=1S/C12H14ClFNO3S/c1-4-19(17,18)15(12(16)8(2)3)11-6-5-9(14)7-10(11)13/h6-8H,4H2,1-3H3. The van der Waals surface area contributed by atoms with E-state index in [2.05, 4.69) is 6.07 Å². The lowest BCUT2D eigenvalue weighted by atomic mass is 10.2. The Hall–Kier alpha value is -1.14. The third kappa shape index (κ3) is 3.45. The topological polar surface area (TPSA) is 54.5 Å². The van der Waals surface area contributed by atoms with Crippen molar-refractivity contribution < 1.29 is 17.6 Å². The number of carbonyl (C=O) groups is 1. The molecule has 0 atom stereocenters. The van der Waals surface area contributed by atoms with Gasteiger partial charge in [0.15, 0.2) is 0 Å². The predicted molar refractivity (Wildman–Crippen MR) is 72.0 cm³/mol. The second-order valence-electron chi connectivity index (χ2n) is 4.17. The minimum Gasteiger partial charge on any atom is -0.273 e. The summed E-state index contributed by atoms with van der Waals surface area (Å²) in [5, 5.41) is -0.151. The van der Waals surface area contributed by atoms with Gasteiger partial charge in [-0.25, -0.2) is 17.1 Å². The number of hydrogen-bond donors (Lipinski definition) is 0. The van der Waals surface area contributed by atoms with Gasteiger partial charge in [-0.15, -0.1) is 0 Å². The van der Waals surface area contributed by atoms with Crippen molar-refractivity contribution in [1.82, 2.24) is 0 Å². The molecule has 0 aliphatic heterocycles. The van der Waals surface area contributed by atoms with Gasteiger partial charge in [0, 0.05) is 12.0 Å². The summed E-state index contributed by atoms with van der Waals surface area (Å²) in [5.74, 6) is -2.15. The molecule has 0 spiro atoms. The Labute approximate surface area is 117 Å². The minimum atomic E-state index is -3.84. The maximum atomic E-state index is 13.0. The second kappa shape index (κ2) is 5.88. The van der Waals surface area contributed by atoms with Crippen LogP contribution < -0.4 is 4.31 Å². The first kappa shape index (κ1) is 15.9. The zero-order chi connectivity index (χ0) is 14.8. The summed E-state index contributed by atoms with van der Waals surface area (Å²) in [6.45, 7) is 4.56. The highest BCUT2D eigenvalue weighted by atomic mass is 35.5. The van der Waals surface area contributed by atoms with Gasteiger partial charge in [0.05, 0.1) is 16.5 Å². The minimum absolute atomic E-state index is 0.0800. The molecule has 0 aliphatic rings. The summed E-state index contributed by atoms with van der Waals surface area (Å²) >= 11 is 5.82. The van der Waals surface area contributed by atoms with Gasteiger partial charge in [-0.1, -0.05) is 25.4 Å². The third-order valence-electron chi connectivity index (χ3n) is 2.40. The predicted octanol–water partition coefficient (Wildman–Crippen LogP) is 2.62. The van der Waals surface area contributed by atoms with E-state index in [0.717, 1.165) is 12.1 Å². The average Bonchev–Trinajstić information content (AvgIpc) is 2.31. The molecule has 0 saturated heterocycles. The van der Waals surface area contributed by atoms with Crippen LogP contribution in [0, 0.1) is 17.8 Å². The van der Waals surface area contributed by atoms with Gasteiger partial charge in [0.25, 0.3) is 0 Å².